The summed E-state index contributed by atoms with van der Waals surface area (Å²) in [5.41, 5.74) is 2.07. The molecule has 3 rings (SSSR count). The quantitative estimate of drug-likeness (QED) is 0.497. The van der Waals surface area contributed by atoms with Gasteiger partial charge in [0.15, 0.2) is 10.9 Å². The molecule has 0 amide bonds. The van der Waals surface area contributed by atoms with E-state index in [1.807, 2.05) is 54.6 Å². The van der Waals surface area contributed by atoms with Crippen LogP contribution in [0.4, 0.5) is 5.13 Å². The zero-order valence-corrected chi connectivity index (χ0v) is 14.6. The number of benzene rings is 2. The number of hydrogen-bond donors (Lipinski definition) is 1. The summed E-state index contributed by atoms with van der Waals surface area (Å²) in [6.45, 7) is 0.535. The molecular weight excluding hydrogens is 332 g/mol. The third-order valence-electron chi connectivity index (χ3n) is 3.52. The van der Waals surface area contributed by atoms with Crippen molar-refractivity contribution in [3.8, 4) is 5.75 Å². The maximum atomic E-state index is 12.1. The third-order valence-corrected chi connectivity index (χ3v) is 4.55. The standard InChI is InChI=1S/C20H18N2O2S/c1-21-20-22-13-19(25-20)18(23)12-9-15-7-10-17(11-8-15)24-14-16-5-3-2-4-6-16/h2-13H,14H2,1H3,(H,21,22)/b12-9+. The van der Waals surface area contributed by atoms with Crippen molar-refractivity contribution < 1.29 is 9.53 Å². The van der Waals surface area contributed by atoms with Crippen LogP contribution in [-0.4, -0.2) is 17.8 Å². The number of carbonyl (C=O) groups excluding carboxylic acids is 1. The summed E-state index contributed by atoms with van der Waals surface area (Å²) >= 11 is 1.34. The molecule has 2 aromatic carbocycles. The van der Waals surface area contributed by atoms with Gasteiger partial charge in [0.2, 0.25) is 0 Å². The van der Waals surface area contributed by atoms with Crippen molar-refractivity contribution in [1.82, 2.24) is 4.98 Å². The van der Waals surface area contributed by atoms with E-state index in [0.29, 0.717) is 11.5 Å². The van der Waals surface area contributed by atoms with Gasteiger partial charge in [-0.05, 0) is 29.3 Å². The molecular formula is C20H18N2O2S. The first kappa shape index (κ1) is 16.9. The lowest BCUT2D eigenvalue weighted by molar-refractivity contribution is 0.105. The van der Waals surface area contributed by atoms with Crippen molar-refractivity contribution in [3.63, 3.8) is 0 Å². The number of nitrogens with zero attached hydrogens (tertiary/aromatic N) is 1. The molecule has 5 heteroatoms. The van der Waals surface area contributed by atoms with Gasteiger partial charge in [-0.2, -0.15) is 0 Å². The fourth-order valence-corrected chi connectivity index (χ4v) is 2.86. The SMILES string of the molecule is CNc1ncc(C(=O)/C=C/c2ccc(OCc3ccccc3)cc2)s1. The molecule has 0 atom stereocenters. The minimum absolute atomic E-state index is 0.0524. The molecule has 1 heterocycles. The molecule has 1 N–H and O–H groups in total. The summed E-state index contributed by atoms with van der Waals surface area (Å²) in [7, 11) is 1.78. The fourth-order valence-electron chi connectivity index (χ4n) is 2.17. The highest BCUT2D eigenvalue weighted by Gasteiger charge is 2.06. The number of rotatable bonds is 7. The Morgan fingerprint density at radius 1 is 1.16 bits per heavy atom. The van der Waals surface area contributed by atoms with Gasteiger partial charge in [0, 0.05) is 7.05 Å². The monoisotopic (exact) mass is 350 g/mol. The van der Waals surface area contributed by atoms with Crippen LogP contribution in [0.15, 0.2) is 66.9 Å². The van der Waals surface area contributed by atoms with Crippen LogP contribution in [0.3, 0.4) is 0 Å². The number of aromatic nitrogens is 1. The van der Waals surface area contributed by atoms with E-state index in [1.165, 1.54) is 11.3 Å². The van der Waals surface area contributed by atoms with Crippen LogP contribution in [-0.2, 0) is 6.61 Å². The molecule has 0 aliphatic heterocycles. The molecule has 0 bridgehead atoms. The van der Waals surface area contributed by atoms with Crippen LogP contribution >= 0.6 is 11.3 Å². The van der Waals surface area contributed by atoms with Crippen LogP contribution in [0.5, 0.6) is 5.75 Å². The van der Waals surface area contributed by atoms with Crippen molar-refractivity contribution in [2.24, 2.45) is 0 Å². The summed E-state index contributed by atoms with van der Waals surface area (Å²) in [6, 6.07) is 17.7. The average molecular weight is 350 g/mol. The molecule has 0 radical (unpaired) electrons. The fraction of sp³-hybridized carbons (Fsp3) is 0.100. The number of thiazole rings is 1. The van der Waals surface area contributed by atoms with Gasteiger partial charge in [-0.25, -0.2) is 4.98 Å². The molecule has 0 aliphatic carbocycles. The van der Waals surface area contributed by atoms with E-state index in [4.69, 9.17) is 4.74 Å². The van der Waals surface area contributed by atoms with Crippen molar-refractivity contribution in [3.05, 3.63) is 82.9 Å². The minimum Gasteiger partial charge on any atom is -0.489 e. The van der Waals surface area contributed by atoms with E-state index in [9.17, 15) is 4.79 Å². The molecule has 0 saturated carbocycles. The van der Waals surface area contributed by atoms with Gasteiger partial charge >= 0.3 is 0 Å². The number of hydrogen-bond acceptors (Lipinski definition) is 5. The topological polar surface area (TPSA) is 51.2 Å². The molecule has 126 valence electrons. The van der Waals surface area contributed by atoms with Gasteiger partial charge in [0.1, 0.15) is 12.4 Å². The second-order valence-electron chi connectivity index (χ2n) is 5.32. The second-order valence-corrected chi connectivity index (χ2v) is 6.35. The van der Waals surface area contributed by atoms with Crippen LogP contribution in [0, 0.1) is 0 Å². The average Bonchev–Trinajstić information content (AvgIpc) is 3.15. The number of ether oxygens (including phenoxy) is 1. The minimum atomic E-state index is -0.0524. The van der Waals surface area contributed by atoms with E-state index in [0.717, 1.165) is 22.0 Å². The first-order valence-corrected chi connectivity index (χ1v) is 8.69. The van der Waals surface area contributed by atoms with E-state index >= 15 is 0 Å². The predicted molar refractivity (Wildman–Crippen MR) is 102 cm³/mol. The molecule has 0 aliphatic rings. The highest BCUT2D eigenvalue weighted by atomic mass is 32.1. The van der Waals surface area contributed by atoms with Crippen LogP contribution in [0.1, 0.15) is 20.8 Å². The van der Waals surface area contributed by atoms with Crippen molar-refractivity contribution >= 4 is 28.3 Å². The smallest absolute Gasteiger partial charge is 0.197 e. The molecule has 3 aromatic rings. The van der Waals surface area contributed by atoms with E-state index < -0.39 is 0 Å². The number of carbonyl (C=O) groups is 1. The zero-order chi connectivity index (χ0) is 17.5. The Bertz CT molecular complexity index is 855. The molecule has 1 aromatic heterocycles. The van der Waals surface area contributed by atoms with E-state index in [2.05, 4.69) is 10.3 Å². The van der Waals surface area contributed by atoms with Gasteiger partial charge in [0.05, 0.1) is 11.1 Å². The van der Waals surface area contributed by atoms with Crippen LogP contribution < -0.4 is 10.1 Å². The Morgan fingerprint density at radius 2 is 1.92 bits per heavy atom. The third kappa shape index (κ3) is 4.78. The van der Waals surface area contributed by atoms with Gasteiger partial charge in [0.25, 0.3) is 0 Å². The lowest BCUT2D eigenvalue weighted by atomic mass is 10.2. The predicted octanol–water partition coefficient (Wildman–Crippen LogP) is 4.66. The highest BCUT2D eigenvalue weighted by Crippen LogP contribution is 2.19. The first-order chi connectivity index (χ1) is 12.2. The van der Waals surface area contributed by atoms with Gasteiger partial charge in [-0.15, -0.1) is 0 Å². The largest absolute Gasteiger partial charge is 0.489 e. The second kappa shape index (κ2) is 8.26. The molecule has 4 nitrogen and oxygen atoms in total. The maximum Gasteiger partial charge on any atom is 0.197 e. The Hall–Kier alpha value is -2.92. The number of allylic oxidation sites excluding steroid dienone is 1. The van der Waals surface area contributed by atoms with Gasteiger partial charge in [-0.1, -0.05) is 59.9 Å². The van der Waals surface area contributed by atoms with Crippen molar-refractivity contribution in [2.75, 3.05) is 12.4 Å². The Balaban J connectivity index is 1.57. The molecule has 0 fully saturated rings. The van der Waals surface area contributed by atoms with Crippen LogP contribution in [0.2, 0.25) is 0 Å². The van der Waals surface area contributed by atoms with E-state index in [1.54, 1.807) is 25.4 Å². The summed E-state index contributed by atoms with van der Waals surface area (Å²) in [5, 5.41) is 3.66. The number of nitrogens with one attached hydrogen (secondary N) is 1. The van der Waals surface area contributed by atoms with Crippen molar-refractivity contribution in [1.29, 1.82) is 0 Å². The maximum absolute atomic E-state index is 12.1. The molecule has 0 spiro atoms. The van der Waals surface area contributed by atoms with Gasteiger partial charge in [-0.3, -0.25) is 4.79 Å². The first-order valence-electron chi connectivity index (χ1n) is 7.87. The summed E-state index contributed by atoms with van der Waals surface area (Å²) in [6.07, 6.45) is 4.94. The molecule has 0 saturated heterocycles. The highest BCUT2D eigenvalue weighted by molar-refractivity contribution is 7.17. The van der Waals surface area contributed by atoms with E-state index in [-0.39, 0.29) is 5.78 Å². The van der Waals surface area contributed by atoms with Crippen LogP contribution in [0.25, 0.3) is 6.08 Å². The molecule has 25 heavy (non-hydrogen) atoms. The summed E-state index contributed by atoms with van der Waals surface area (Å²) < 4.78 is 5.75. The summed E-state index contributed by atoms with van der Waals surface area (Å²) in [4.78, 5) is 16.8. The summed E-state index contributed by atoms with van der Waals surface area (Å²) in [5.74, 6) is 0.747. The number of anilines is 1. The normalized spacial score (nSPS) is 10.8. The Labute approximate surface area is 150 Å². The Kier molecular flexibility index (Phi) is 5.59. The lowest BCUT2D eigenvalue weighted by Gasteiger charge is -2.06. The van der Waals surface area contributed by atoms with Crippen molar-refractivity contribution in [2.45, 2.75) is 6.61 Å². The van der Waals surface area contributed by atoms with Gasteiger partial charge < -0.3 is 10.1 Å². The molecule has 0 unspecified atom stereocenters. The zero-order valence-electron chi connectivity index (χ0n) is 13.8. The number of ketones is 1. The lowest BCUT2D eigenvalue weighted by Crippen LogP contribution is -1.94. The Morgan fingerprint density at radius 3 is 2.60 bits per heavy atom.